The lowest BCUT2D eigenvalue weighted by Gasteiger charge is -2.33. The predicted octanol–water partition coefficient (Wildman–Crippen LogP) is 3.45. The van der Waals surface area contributed by atoms with Crippen molar-refractivity contribution in [3.8, 4) is 0 Å². The Bertz CT molecular complexity index is 727. The van der Waals surface area contributed by atoms with Crippen LogP contribution in [0.15, 0.2) is 36.5 Å². The summed E-state index contributed by atoms with van der Waals surface area (Å²) >= 11 is 0. The van der Waals surface area contributed by atoms with Gasteiger partial charge in [0, 0.05) is 18.1 Å². The lowest BCUT2D eigenvalue weighted by atomic mass is 9.97. The van der Waals surface area contributed by atoms with Crippen LogP contribution in [-0.4, -0.2) is 41.6 Å². The van der Waals surface area contributed by atoms with Gasteiger partial charge in [-0.3, -0.25) is 14.7 Å². The molecule has 1 N–H and O–H groups in total. The fourth-order valence-corrected chi connectivity index (χ4v) is 3.07. The van der Waals surface area contributed by atoms with E-state index >= 15 is 0 Å². The number of carbonyl (C=O) groups excluding carboxylic acids is 1. The van der Waals surface area contributed by atoms with Crippen LogP contribution >= 0.6 is 0 Å². The number of nitrogens with one attached hydrogen (secondary N) is 1. The largest absolute Gasteiger partial charge is 0.393 e. The van der Waals surface area contributed by atoms with Gasteiger partial charge >= 0.3 is 6.18 Å². The quantitative estimate of drug-likeness (QED) is 0.933. The van der Waals surface area contributed by atoms with Crippen LogP contribution in [0.2, 0.25) is 0 Å². The fraction of sp³-hybridized carbons (Fsp3) is 0.412. The number of fused-ring (bicyclic) bond motifs is 1. The van der Waals surface area contributed by atoms with E-state index in [-0.39, 0.29) is 25.4 Å². The molecule has 1 saturated heterocycles. The molecule has 0 aliphatic carbocycles. The summed E-state index contributed by atoms with van der Waals surface area (Å²) in [6.45, 7) is 0.355. The number of halogens is 3. The number of piperidine rings is 1. The molecule has 0 saturated carbocycles. The van der Waals surface area contributed by atoms with Crippen molar-refractivity contribution in [2.75, 3.05) is 25.0 Å². The average molecular weight is 337 g/mol. The van der Waals surface area contributed by atoms with E-state index in [4.69, 9.17) is 0 Å². The number of anilines is 1. The molecular formula is C17H18F3N3O. The number of carbonyl (C=O) groups is 1. The molecule has 0 spiro atoms. The maximum absolute atomic E-state index is 12.8. The van der Waals surface area contributed by atoms with Crippen molar-refractivity contribution in [3.05, 3.63) is 36.5 Å². The third-order valence-corrected chi connectivity index (χ3v) is 4.26. The number of aromatic nitrogens is 1. The first kappa shape index (κ1) is 16.7. The number of likely N-dealkylation sites (tertiary alicyclic amines) is 1. The number of alkyl halides is 3. The molecule has 24 heavy (non-hydrogen) atoms. The molecule has 128 valence electrons. The molecular weight excluding hydrogens is 319 g/mol. The first-order valence-corrected chi connectivity index (χ1v) is 7.86. The van der Waals surface area contributed by atoms with Crippen LogP contribution in [0.1, 0.15) is 12.8 Å². The molecule has 0 unspecified atom stereocenters. The molecule has 0 bridgehead atoms. The highest BCUT2D eigenvalue weighted by Crippen LogP contribution is 2.33. The van der Waals surface area contributed by atoms with Gasteiger partial charge in [0.25, 0.3) is 0 Å². The van der Waals surface area contributed by atoms with Crippen LogP contribution in [0.3, 0.4) is 0 Å². The second kappa shape index (κ2) is 6.76. The number of pyridine rings is 1. The number of hydrogen-bond acceptors (Lipinski definition) is 3. The van der Waals surface area contributed by atoms with E-state index in [1.807, 2.05) is 12.1 Å². The maximum atomic E-state index is 12.8. The highest BCUT2D eigenvalue weighted by molar-refractivity contribution is 6.01. The highest BCUT2D eigenvalue weighted by Gasteiger charge is 2.41. The van der Waals surface area contributed by atoms with Gasteiger partial charge in [-0.2, -0.15) is 13.2 Å². The fourth-order valence-electron chi connectivity index (χ4n) is 3.07. The monoisotopic (exact) mass is 337 g/mol. The first-order chi connectivity index (χ1) is 11.4. The van der Waals surface area contributed by atoms with Crippen LogP contribution in [0.4, 0.5) is 18.9 Å². The predicted molar refractivity (Wildman–Crippen MR) is 85.6 cm³/mol. The number of hydrogen-bond donors (Lipinski definition) is 1. The van der Waals surface area contributed by atoms with E-state index < -0.39 is 12.1 Å². The van der Waals surface area contributed by atoms with E-state index in [0.717, 1.165) is 10.9 Å². The van der Waals surface area contributed by atoms with Gasteiger partial charge in [-0.25, -0.2) is 0 Å². The van der Waals surface area contributed by atoms with Crippen LogP contribution in [-0.2, 0) is 4.79 Å². The Labute approximate surface area is 137 Å². The zero-order chi connectivity index (χ0) is 17.2. The van der Waals surface area contributed by atoms with Crippen LogP contribution in [0, 0.1) is 5.92 Å². The zero-order valence-corrected chi connectivity index (χ0v) is 13.0. The number of amides is 1. The highest BCUT2D eigenvalue weighted by atomic mass is 19.4. The molecule has 1 amide bonds. The van der Waals surface area contributed by atoms with E-state index in [2.05, 4.69) is 10.3 Å². The lowest BCUT2D eigenvalue weighted by molar-refractivity contribution is -0.186. The zero-order valence-electron chi connectivity index (χ0n) is 13.0. The Kier molecular flexibility index (Phi) is 4.71. The summed E-state index contributed by atoms with van der Waals surface area (Å²) in [5.74, 6) is -1.66. The van der Waals surface area contributed by atoms with Crippen molar-refractivity contribution in [1.29, 1.82) is 0 Å². The minimum atomic E-state index is -4.20. The van der Waals surface area contributed by atoms with Crippen molar-refractivity contribution in [2.45, 2.75) is 19.0 Å². The molecule has 1 aromatic heterocycles. The third kappa shape index (κ3) is 3.84. The summed E-state index contributed by atoms with van der Waals surface area (Å²) < 4.78 is 38.5. The standard InChI is InChI=1S/C17H18F3N3O/c18-17(19,20)12-4-3-9-23(10-12)11-16(24)22-15-7-1-6-14-13(15)5-2-8-21-14/h1-2,5-8,12H,3-4,9-11H2,(H,22,24)/t12-/m0/s1. The van der Waals surface area contributed by atoms with Crippen LogP contribution in [0.25, 0.3) is 10.9 Å². The average Bonchev–Trinajstić information content (AvgIpc) is 2.54. The number of rotatable bonds is 3. The number of benzene rings is 1. The van der Waals surface area contributed by atoms with E-state index in [0.29, 0.717) is 18.7 Å². The number of nitrogens with zero attached hydrogens (tertiary/aromatic N) is 2. The first-order valence-electron chi connectivity index (χ1n) is 7.86. The Balaban J connectivity index is 1.65. The van der Waals surface area contributed by atoms with Gasteiger partial charge in [0.05, 0.1) is 23.7 Å². The minimum Gasteiger partial charge on any atom is -0.324 e. The Morgan fingerprint density at radius 1 is 1.29 bits per heavy atom. The van der Waals surface area contributed by atoms with Crippen molar-refractivity contribution in [3.63, 3.8) is 0 Å². The van der Waals surface area contributed by atoms with Gasteiger partial charge in [-0.05, 0) is 43.7 Å². The van der Waals surface area contributed by atoms with Crippen molar-refractivity contribution in [1.82, 2.24) is 9.88 Å². The van der Waals surface area contributed by atoms with Crippen LogP contribution < -0.4 is 5.32 Å². The lowest BCUT2D eigenvalue weighted by Crippen LogP contribution is -2.44. The Hall–Kier alpha value is -2.15. The summed E-state index contributed by atoms with van der Waals surface area (Å²) in [5.41, 5.74) is 1.38. The summed E-state index contributed by atoms with van der Waals surface area (Å²) in [5, 5.41) is 3.59. The van der Waals surface area contributed by atoms with Gasteiger partial charge in [0.15, 0.2) is 0 Å². The molecule has 4 nitrogen and oxygen atoms in total. The molecule has 1 aliphatic rings. The molecule has 3 rings (SSSR count). The normalized spacial score (nSPS) is 19.4. The molecule has 7 heteroatoms. The molecule has 1 atom stereocenters. The Morgan fingerprint density at radius 2 is 2.12 bits per heavy atom. The molecule has 2 aromatic rings. The molecule has 1 aromatic carbocycles. The van der Waals surface area contributed by atoms with Gasteiger partial charge < -0.3 is 5.32 Å². The topological polar surface area (TPSA) is 45.2 Å². The van der Waals surface area contributed by atoms with Gasteiger partial charge in [0.2, 0.25) is 5.91 Å². The molecule has 1 fully saturated rings. The van der Waals surface area contributed by atoms with Gasteiger partial charge in [-0.1, -0.05) is 6.07 Å². The SMILES string of the molecule is O=C(CN1CCC[C@H](C(F)(F)F)C1)Nc1cccc2ncccc12. The van der Waals surface area contributed by atoms with E-state index in [9.17, 15) is 18.0 Å². The van der Waals surface area contributed by atoms with Crippen molar-refractivity contribution in [2.24, 2.45) is 5.92 Å². The van der Waals surface area contributed by atoms with Crippen LogP contribution in [0.5, 0.6) is 0 Å². The summed E-state index contributed by atoms with van der Waals surface area (Å²) in [4.78, 5) is 18.0. The second-order valence-electron chi connectivity index (χ2n) is 6.04. The molecule has 0 radical (unpaired) electrons. The van der Waals surface area contributed by atoms with Crippen molar-refractivity contribution < 1.29 is 18.0 Å². The smallest absolute Gasteiger partial charge is 0.324 e. The third-order valence-electron chi connectivity index (χ3n) is 4.26. The molecule has 2 heterocycles. The van der Waals surface area contributed by atoms with E-state index in [1.54, 1.807) is 29.3 Å². The van der Waals surface area contributed by atoms with Gasteiger partial charge in [0.1, 0.15) is 0 Å². The Morgan fingerprint density at radius 3 is 2.92 bits per heavy atom. The second-order valence-corrected chi connectivity index (χ2v) is 6.04. The van der Waals surface area contributed by atoms with E-state index in [1.165, 1.54) is 0 Å². The summed E-state index contributed by atoms with van der Waals surface area (Å²) in [7, 11) is 0. The minimum absolute atomic E-state index is 0.0385. The summed E-state index contributed by atoms with van der Waals surface area (Å²) in [6.07, 6.45) is -1.94. The maximum Gasteiger partial charge on any atom is 0.393 e. The summed E-state index contributed by atoms with van der Waals surface area (Å²) in [6, 6.07) is 9.00. The van der Waals surface area contributed by atoms with Crippen molar-refractivity contribution >= 4 is 22.5 Å². The molecule has 1 aliphatic heterocycles. The van der Waals surface area contributed by atoms with Gasteiger partial charge in [-0.15, -0.1) is 0 Å².